The number of nitrogens with one attached hydrogen (secondary N) is 1. The van der Waals surface area contributed by atoms with Crippen molar-refractivity contribution >= 4 is 29.3 Å². The predicted octanol–water partition coefficient (Wildman–Crippen LogP) is 4.42. The minimum Gasteiger partial charge on any atom is -0.493 e. The van der Waals surface area contributed by atoms with Crippen LogP contribution in [-0.2, 0) is 4.79 Å². The summed E-state index contributed by atoms with van der Waals surface area (Å²) >= 11 is 1.54. The Kier molecular flexibility index (Phi) is 8.07. The first-order chi connectivity index (χ1) is 15.8. The van der Waals surface area contributed by atoms with Gasteiger partial charge >= 0.3 is 0 Å². The van der Waals surface area contributed by atoms with Crippen LogP contribution in [0.5, 0.6) is 17.2 Å². The second kappa shape index (κ2) is 10.8. The molecule has 0 aliphatic carbocycles. The summed E-state index contributed by atoms with van der Waals surface area (Å²) in [5, 5.41) is 2.43. The van der Waals surface area contributed by atoms with Gasteiger partial charge in [-0.15, -0.1) is 11.8 Å². The van der Waals surface area contributed by atoms with Crippen molar-refractivity contribution in [2.45, 2.75) is 31.7 Å². The molecule has 1 aliphatic rings. The number of para-hydroxylation sites is 1. The summed E-state index contributed by atoms with van der Waals surface area (Å²) < 4.78 is 30.2. The average molecular weight is 477 g/mol. The maximum atomic E-state index is 14.1. The molecule has 33 heavy (non-hydrogen) atoms. The monoisotopic (exact) mass is 476 g/mol. The van der Waals surface area contributed by atoms with Crippen LogP contribution < -0.4 is 19.5 Å². The molecule has 1 heterocycles. The molecular formula is C24H29FN2O5S. The number of thioether (sulfide) groups is 1. The molecule has 1 fully saturated rings. The van der Waals surface area contributed by atoms with E-state index in [9.17, 15) is 14.0 Å². The molecule has 9 heteroatoms. The lowest BCUT2D eigenvalue weighted by atomic mass is 10.1. The predicted molar refractivity (Wildman–Crippen MR) is 127 cm³/mol. The van der Waals surface area contributed by atoms with Gasteiger partial charge in [0.05, 0.1) is 32.4 Å². The molecule has 0 spiro atoms. The first kappa shape index (κ1) is 24.7. The van der Waals surface area contributed by atoms with Crippen molar-refractivity contribution in [2.75, 3.05) is 32.4 Å². The van der Waals surface area contributed by atoms with Crippen molar-refractivity contribution in [3.05, 3.63) is 47.8 Å². The van der Waals surface area contributed by atoms with Gasteiger partial charge < -0.3 is 24.4 Å². The summed E-state index contributed by atoms with van der Waals surface area (Å²) in [5.41, 5.74) is 0.393. The largest absolute Gasteiger partial charge is 0.493 e. The summed E-state index contributed by atoms with van der Waals surface area (Å²) in [6.07, 6.45) is 0.713. The number of benzene rings is 2. The van der Waals surface area contributed by atoms with Gasteiger partial charge in [0.1, 0.15) is 11.9 Å². The van der Waals surface area contributed by atoms with E-state index < -0.39 is 17.8 Å². The Morgan fingerprint density at radius 1 is 1.12 bits per heavy atom. The van der Waals surface area contributed by atoms with Crippen molar-refractivity contribution in [3.63, 3.8) is 0 Å². The fourth-order valence-corrected chi connectivity index (χ4v) is 5.40. The Bertz CT molecular complexity index is 991. The number of nitrogens with zero attached hydrogens (tertiary/aromatic N) is 1. The molecule has 0 bridgehead atoms. The van der Waals surface area contributed by atoms with E-state index in [2.05, 4.69) is 19.2 Å². The standard InChI is InChI=1S/C24H29FN2O5S/c1-14(2)10-21-27(18(13-33-21)23(28)26-17-9-7-6-8-16(17)25)24(29)15-11-19(30-3)22(32-5)20(12-15)31-4/h6-9,11-12,14,18,21H,10,13H2,1-5H3,(H,26,28). The third-order valence-electron chi connectivity index (χ3n) is 5.35. The number of amides is 2. The first-order valence-corrected chi connectivity index (χ1v) is 11.6. The summed E-state index contributed by atoms with van der Waals surface area (Å²) in [6, 6.07) is 8.35. The molecule has 0 radical (unpaired) electrons. The highest BCUT2D eigenvalue weighted by Gasteiger charge is 2.42. The Labute approximate surface area is 197 Å². The van der Waals surface area contributed by atoms with Gasteiger partial charge in [-0.1, -0.05) is 26.0 Å². The first-order valence-electron chi connectivity index (χ1n) is 10.6. The molecular weight excluding hydrogens is 447 g/mol. The highest BCUT2D eigenvalue weighted by atomic mass is 32.2. The van der Waals surface area contributed by atoms with Gasteiger partial charge in [0, 0.05) is 11.3 Å². The van der Waals surface area contributed by atoms with Gasteiger partial charge in [0.15, 0.2) is 11.5 Å². The summed E-state index contributed by atoms with van der Waals surface area (Å²) in [6.45, 7) is 4.13. The molecule has 2 aromatic rings. The van der Waals surface area contributed by atoms with Crippen LogP contribution in [0.15, 0.2) is 36.4 Å². The van der Waals surface area contributed by atoms with E-state index in [-0.39, 0.29) is 17.0 Å². The normalized spacial score (nSPS) is 17.7. The minimum atomic E-state index is -0.759. The molecule has 2 amide bonds. The number of hydrogen-bond acceptors (Lipinski definition) is 6. The number of methoxy groups -OCH3 is 3. The van der Waals surface area contributed by atoms with Crippen LogP contribution in [0.3, 0.4) is 0 Å². The highest BCUT2D eigenvalue weighted by Crippen LogP contribution is 2.40. The van der Waals surface area contributed by atoms with Crippen LogP contribution in [-0.4, -0.2) is 55.2 Å². The third-order valence-corrected chi connectivity index (χ3v) is 6.66. The lowest BCUT2D eigenvalue weighted by Crippen LogP contribution is -2.48. The molecule has 0 aromatic heterocycles. The summed E-state index contributed by atoms with van der Waals surface area (Å²) in [7, 11) is 4.44. The van der Waals surface area contributed by atoms with E-state index in [1.807, 2.05) is 0 Å². The number of ether oxygens (including phenoxy) is 3. The van der Waals surface area contributed by atoms with Crippen LogP contribution >= 0.6 is 11.8 Å². The molecule has 178 valence electrons. The van der Waals surface area contributed by atoms with E-state index in [0.29, 0.717) is 40.9 Å². The quantitative estimate of drug-likeness (QED) is 0.608. The van der Waals surface area contributed by atoms with Gasteiger partial charge in [-0.25, -0.2) is 4.39 Å². The SMILES string of the molecule is COc1cc(C(=O)N2C(CC(C)C)SCC2C(=O)Nc2ccccc2F)cc(OC)c1OC. The third kappa shape index (κ3) is 5.35. The van der Waals surface area contributed by atoms with Crippen LogP contribution in [0, 0.1) is 11.7 Å². The molecule has 1 N–H and O–H groups in total. The molecule has 1 saturated heterocycles. The van der Waals surface area contributed by atoms with Gasteiger partial charge in [0.25, 0.3) is 5.91 Å². The zero-order valence-corrected chi connectivity index (χ0v) is 20.2. The lowest BCUT2D eigenvalue weighted by Gasteiger charge is -2.30. The fourth-order valence-electron chi connectivity index (χ4n) is 3.75. The van der Waals surface area contributed by atoms with Crippen LogP contribution in [0.1, 0.15) is 30.6 Å². The maximum Gasteiger partial charge on any atom is 0.255 e. The Balaban J connectivity index is 1.96. The van der Waals surface area contributed by atoms with E-state index >= 15 is 0 Å². The second-order valence-electron chi connectivity index (χ2n) is 8.03. The number of hydrogen-bond donors (Lipinski definition) is 1. The second-order valence-corrected chi connectivity index (χ2v) is 9.24. The smallest absolute Gasteiger partial charge is 0.255 e. The maximum absolute atomic E-state index is 14.1. The number of carbonyl (C=O) groups excluding carboxylic acids is 2. The highest BCUT2D eigenvalue weighted by molar-refractivity contribution is 8.00. The molecule has 0 saturated carbocycles. The van der Waals surface area contributed by atoms with Gasteiger partial charge in [-0.05, 0) is 36.6 Å². The Hall–Kier alpha value is -2.94. The number of carbonyl (C=O) groups is 2. The molecule has 7 nitrogen and oxygen atoms in total. The molecule has 2 atom stereocenters. The summed E-state index contributed by atoms with van der Waals surface area (Å²) in [4.78, 5) is 28.4. The van der Waals surface area contributed by atoms with Crippen molar-refractivity contribution in [2.24, 2.45) is 5.92 Å². The average Bonchev–Trinajstić information content (AvgIpc) is 3.21. The number of halogens is 1. The molecule has 2 aromatic carbocycles. The van der Waals surface area contributed by atoms with Gasteiger partial charge in [-0.3, -0.25) is 9.59 Å². The lowest BCUT2D eigenvalue weighted by molar-refractivity contribution is -0.119. The van der Waals surface area contributed by atoms with Crippen LogP contribution in [0.25, 0.3) is 0 Å². The topological polar surface area (TPSA) is 77.1 Å². The van der Waals surface area contributed by atoms with E-state index in [0.717, 1.165) is 0 Å². The van der Waals surface area contributed by atoms with Gasteiger partial charge in [0.2, 0.25) is 11.7 Å². The molecule has 3 rings (SSSR count). The zero-order valence-electron chi connectivity index (χ0n) is 19.4. The van der Waals surface area contributed by atoms with Crippen molar-refractivity contribution in [1.29, 1.82) is 0 Å². The zero-order chi connectivity index (χ0) is 24.1. The van der Waals surface area contributed by atoms with Crippen LogP contribution in [0.4, 0.5) is 10.1 Å². The van der Waals surface area contributed by atoms with Crippen molar-refractivity contribution in [1.82, 2.24) is 4.90 Å². The Morgan fingerprint density at radius 2 is 1.76 bits per heavy atom. The fraction of sp³-hybridized carbons (Fsp3) is 0.417. The summed E-state index contributed by atoms with van der Waals surface area (Å²) in [5.74, 6) is 0.495. The number of rotatable bonds is 8. The van der Waals surface area contributed by atoms with E-state index in [1.165, 1.54) is 33.5 Å². The van der Waals surface area contributed by atoms with Gasteiger partial charge in [-0.2, -0.15) is 0 Å². The Morgan fingerprint density at radius 3 is 2.30 bits per heavy atom. The number of anilines is 1. The van der Waals surface area contributed by atoms with Crippen molar-refractivity contribution in [3.8, 4) is 17.2 Å². The molecule has 1 aliphatic heterocycles. The van der Waals surface area contributed by atoms with Crippen LogP contribution in [0.2, 0.25) is 0 Å². The molecule has 2 unspecified atom stereocenters. The van der Waals surface area contributed by atoms with Crippen molar-refractivity contribution < 1.29 is 28.2 Å². The minimum absolute atomic E-state index is 0.0833. The van der Waals surface area contributed by atoms with E-state index in [1.54, 1.807) is 40.9 Å². The van der Waals surface area contributed by atoms with E-state index in [4.69, 9.17) is 14.2 Å².